The Morgan fingerprint density at radius 3 is 2.62 bits per heavy atom. The Hall–Kier alpha value is -4.50. The summed E-state index contributed by atoms with van der Waals surface area (Å²) in [5, 5.41) is 6.87. The van der Waals surface area contributed by atoms with E-state index in [1.807, 2.05) is 79.9 Å². The molecule has 0 amide bonds. The fourth-order valence-corrected chi connectivity index (χ4v) is 5.26. The van der Waals surface area contributed by atoms with Gasteiger partial charge in [0.2, 0.25) is 5.82 Å². The number of benzene rings is 3. The Balaban J connectivity index is 1.52. The van der Waals surface area contributed by atoms with Gasteiger partial charge in [-0.05, 0) is 63.2 Å². The number of hydrogen-bond donors (Lipinski definition) is 0. The lowest BCUT2D eigenvalue weighted by atomic mass is 10.1. The van der Waals surface area contributed by atoms with Gasteiger partial charge in [-0.25, -0.2) is 4.98 Å². The lowest BCUT2D eigenvalue weighted by molar-refractivity contribution is -0.148. The van der Waals surface area contributed by atoms with Gasteiger partial charge in [0.25, 0.3) is 5.56 Å². The molecule has 9 heteroatoms. The highest BCUT2D eigenvalue weighted by Gasteiger charge is 2.19. The third-order valence-electron chi connectivity index (χ3n) is 6.69. The van der Waals surface area contributed by atoms with Crippen LogP contribution in [0.2, 0.25) is 0 Å². The normalized spacial score (nSPS) is 11.9. The van der Waals surface area contributed by atoms with Crippen LogP contribution < -0.4 is 5.56 Å². The molecular weight excluding hydrogens is 572 g/mol. The van der Waals surface area contributed by atoms with Gasteiger partial charge in [-0.3, -0.25) is 9.59 Å². The van der Waals surface area contributed by atoms with Gasteiger partial charge in [-0.1, -0.05) is 46.3 Å². The molecule has 0 radical (unpaired) electrons. The molecule has 0 aliphatic rings. The van der Waals surface area contributed by atoms with Gasteiger partial charge in [0.05, 0.1) is 23.2 Å². The third-order valence-corrected chi connectivity index (χ3v) is 7.18. The van der Waals surface area contributed by atoms with Crippen LogP contribution in [-0.2, 0) is 16.1 Å². The van der Waals surface area contributed by atoms with Gasteiger partial charge >= 0.3 is 5.97 Å². The number of rotatable bonds is 6. The van der Waals surface area contributed by atoms with Crippen LogP contribution in [-0.4, -0.2) is 32.5 Å². The lowest BCUT2D eigenvalue weighted by Crippen LogP contribution is -2.20. The Morgan fingerprint density at radius 1 is 1.07 bits per heavy atom. The molecule has 0 aliphatic carbocycles. The molecule has 3 heterocycles. The molecule has 3 aromatic heterocycles. The van der Waals surface area contributed by atoms with Crippen molar-refractivity contribution in [3.63, 3.8) is 0 Å². The number of aromatic nitrogens is 3. The average molecular weight is 597 g/mol. The van der Waals surface area contributed by atoms with E-state index in [4.69, 9.17) is 14.1 Å². The maximum Gasteiger partial charge on any atom is 0.326 e. The van der Waals surface area contributed by atoms with Crippen molar-refractivity contribution in [2.24, 2.45) is 5.10 Å². The zero-order valence-corrected chi connectivity index (χ0v) is 23.7. The quantitative estimate of drug-likeness (QED) is 0.158. The summed E-state index contributed by atoms with van der Waals surface area (Å²) in [4.78, 5) is 31.0. The molecule has 0 bridgehead atoms. The van der Waals surface area contributed by atoms with E-state index in [9.17, 15) is 9.59 Å². The maximum atomic E-state index is 13.7. The highest BCUT2D eigenvalue weighted by Crippen LogP contribution is 2.30. The summed E-state index contributed by atoms with van der Waals surface area (Å²) < 4.78 is 15.6. The molecule has 40 heavy (non-hydrogen) atoms. The molecule has 3 aromatic carbocycles. The first kappa shape index (κ1) is 25.8. The zero-order chi connectivity index (χ0) is 28.0. The van der Waals surface area contributed by atoms with Gasteiger partial charge in [0, 0.05) is 32.0 Å². The fourth-order valence-electron chi connectivity index (χ4n) is 4.88. The first-order chi connectivity index (χ1) is 19.3. The monoisotopic (exact) mass is 596 g/mol. The Labute approximate surface area is 237 Å². The highest BCUT2D eigenvalue weighted by molar-refractivity contribution is 9.10. The van der Waals surface area contributed by atoms with Crippen LogP contribution in [0.1, 0.15) is 25.1 Å². The number of halogens is 1. The van der Waals surface area contributed by atoms with Gasteiger partial charge < -0.3 is 13.7 Å². The second-order valence-electron chi connectivity index (χ2n) is 9.75. The third kappa shape index (κ3) is 4.62. The molecule has 6 rings (SSSR count). The van der Waals surface area contributed by atoms with E-state index in [1.165, 1.54) is 4.68 Å². The number of para-hydroxylation sites is 2. The molecule has 0 fully saturated rings. The Kier molecular flexibility index (Phi) is 6.59. The number of nitrogens with zero attached hydrogens (tertiary/aromatic N) is 4. The summed E-state index contributed by atoms with van der Waals surface area (Å²) in [6.45, 7) is 5.63. The van der Waals surface area contributed by atoms with Crippen LogP contribution in [0, 0.1) is 6.92 Å². The number of ether oxygens (including phenoxy) is 1. The smallest absolute Gasteiger partial charge is 0.326 e. The standard InChI is InChI=1S/C31H25BrN4O4/c1-18(2)39-29(37)17-35-19(3)24(22-8-5-7-11-26(22)35)16-33-36-30(34-25-10-6-4-9-23(25)31(36)38)28-15-20-14-21(32)12-13-27(20)40-28/h4-16,18H,17H2,1-3H3. The van der Waals surface area contributed by atoms with Gasteiger partial charge in [-0.2, -0.15) is 9.78 Å². The predicted octanol–water partition coefficient (Wildman–Crippen LogP) is 6.67. The van der Waals surface area contributed by atoms with Crippen molar-refractivity contribution in [2.45, 2.75) is 33.4 Å². The number of carbonyl (C=O) groups is 1. The maximum absolute atomic E-state index is 13.7. The minimum absolute atomic E-state index is 0.0651. The van der Waals surface area contributed by atoms with Crippen molar-refractivity contribution >= 4 is 60.9 Å². The van der Waals surface area contributed by atoms with Crippen molar-refractivity contribution in [2.75, 3.05) is 0 Å². The summed E-state index contributed by atoms with van der Waals surface area (Å²) in [6, 6.07) is 22.5. The van der Waals surface area contributed by atoms with Crippen LogP contribution in [0.4, 0.5) is 0 Å². The largest absolute Gasteiger partial charge is 0.462 e. The molecule has 0 atom stereocenters. The van der Waals surface area contributed by atoms with E-state index in [-0.39, 0.29) is 30.0 Å². The summed E-state index contributed by atoms with van der Waals surface area (Å²) in [7, 11) is 0. The second-order valence-corrected chi connectivity index (χ2v) is 10.7. The molecule has 200 valence electrons. The van der Waals surface area contributed by atoms with Crippen molar-refractivity contribution in [3.8, 4) is 11.6 Å². The number of hydrogen-bond acceptors (Lipinski definition) is 6. The number of carbonyl (C=O) groups excluding carboxylic acids is 1. The SMILES string of the molecule is Cc1c(C=Nn2c(-c3cc4cc(Br)ccc4o3)nc3ccccc3c2=O)c2ccccc2n1CC(=O)OC(C)C. The molecule has 6 aromatic rings. The minimum Gasteiger partial charge on any atom is -0.462 e. The second kappa shape index (κ2) is 10.2. The highest BCUT2D eigenvalue weighted by atomic mass is 79.9. The average Bonchev–Trinajstić information content (AvgIpc) is 3.46. The van der Waals surface area contributed by atoms with Gasteiger partial charge in [-0.15, -0.1) is 0 Å². The van der Waals surface area contributed by atoms with E-state index < -0.39 is 0 Å². The lowest BCUT2D eigenvalue weighted by Gasteiger charge is -2.11. The van der Waals surface area contributed by atoms with E-state index >= 15 is 0 Å². The van der Waals surface area contributed by atoms with Crippen LogP contribution >= 0.6 is 15.9 Å². The van der Waals surface area contributed by atoms with Crippen molar-refractivity contribution in [3.05, 3.63) is 98.9 Å². The Morgan fingerprint density at radius 2 is 1.82 bits per heavy atom. The van der Waals surface area contributed by atoms with E-state index in [2.05, 4.69) is 21.0 Å². The molecule has 8 nitrogen and oxygen atoms in total. The number of fused-ring (bicyclic) bond motifs is 3. The first-order valence-corrected chi connectivity index (χ1v) is 13.6. The van der Waals surface area contributed by atoms with Crippen LogP contribution in [0.25, 0.3) is 44.4 Å². The van der Waals surface area contributed by atoms with Crippen molar-refractivity contribution in [1.82, 2.24) is 14.2 Å². The van der Waals surface area contributed by atoms with Gasteiger partial charge in [0.15, 0.2) is 5.76 Å². The molecular formula is C31H25BrN4O4. The van der Waals surface area contributed by atoms with Crippen LogP contribution in [0.15, 0.2) is 91.6 Å². The summed E-state index contributed by atoms with van der Waals surface area (Å²) >= 11 is 3.50. The van der Waals surface area contributed by atoms with Crippen LogP contribution in [0.3, 0.4) is 0 Å². The van der Waals surface area contributed by atoms with Crippen molar-refractivity contribution in [1.29, 1.82) is 0 Å². The molecule has 0 spiro atoms. The summed E-state index contributed by atoms with van der Waals surface area (Å²) in [6.07, 6.45) is 1.43. The first-order valence-electron chi connectivity index (χ1n) is 12.8. The molecule has 0 saturated heterocycles. The fraction of sp³-hybridized carbons (Fsp3) is 0.161. The molecule has 0 N–H and O–H groups in total. The molecule has 0 aliphatic heterocycles. The summed E-state index contributed by atoms with van der Waals surface area (Å²) in [5.41, 5.74) is 3.38. The van der Waals surface area contributed by atoms with Crippen molar-refractivity contribution < 1.29 is 13.9 Å². The summed E-state index contributed by atoms with van der Waals surface area (Å²) in [5.74, 6) is 0.383. The van der Waals surface area contributed by atoms with E-state index in [1.54, 1.807) is 24.4 Å². The van der Waals surface area contributed by atoms with E-state index in [0.29, 0.717) is 22.2 Å². The number of furan rings is 1. The predicted molar refractivity (Wildman–Crippen MR) is 160 cm³/mol. The van der Waals surface area contributed by atoms with Gasteiger partial charge in [0.1, 0.15) is 12.1 Å². The molecule has 0 saturated carbocycles. The topological polar surface area (TPSA) is 91.6 Å². The molecule has 0 unspecified atom stereocenters. The van der Waals surface area contributed by atoms with E-state index in [0.717, 1.165) is 32.0 Å². The zero-order valence-electron chi connectivity index (χ0n) is 22.1. The Bertz CT molecular complexity index is 2020. The minimum atomic E-state index is -0.323. The van der Waals surface area contributed by atoms with Crippen LogP contribution in [0.5, 0.6) is 0 Å². The number of esters is 1.